The summed E-state index contributed by atoms with van der Waals surface area (Å²) in [4.78, 5) is 17.6. The van der Waals surface area contributed by atoms with E-state index in [9.17, 15) is 13.2 Å². The first-order valence-corrected chi connectivity index (χ1v) is 13.6. The minimum atomic E-state index is -3.19. The van der Waals surface area contributed by atoms with Crippen molar-refractivity contribution in [2.45, 2.75) is 32.2 Å². The van der Waals surface area contributed by atoms with E-state index in [0.29, 0.717) is 37.3 Å². The molecular weight excluding hydrogens is 468 g/mol. The Kier molecular flexibility index (Phi) is 7.60. The lowest BCUT2D eigenvalue weighted by molar-refractivity contribution is 0.100. The van der Waals surface area contributed by atoms with Gasteiger partial charge in [0.15, 0.2) is 0 Å². The summed E-state index contributed by atoms with van der Waals surface area (Å²) < 4.78 is 27.9. The van der Waals surface area contributed by atoms with Gasteiger partial charge < -0.3 is 20.7 Å². The molecule has 10 nitrogen and oxygen atoms in total. The molecule has 1 aromatic carbocycles. The third kappa shape index (κ3) is 5.43. The summed E-state index contributed by atoms with van der Waals surface area (Å²) in [6.07, 6.45) is 7.09. The van der Waals surface area contributed by atoms with Crippen molar-refractivity contribution in [1.82, 2.24) is 24.0 Å². The van der Waals surface area contributed by atoms with Crippen LogP contribution in [0.3, 0.4) is 0 Å². The van der Waals surface area contributed by atoms with E-state index < -0.39 is 15.9 Å². The standard InChI is InChI=1S/C24H34N6O4S/c1-3-35(33,34)30-6-4-17(5-7-30)22-15-26-23-20(22)12-18(13-21(23)24(25)32)19-14-27-29(16-19)9-8-28(2)10-11-31/h12-17,26,31H,3-11H2,1-2H3,(H2,25,32). The van der Waals surface area contributed by atoms with Crippen LogP contribution in [0.4, 0.5) is 0 Å². The number of primary amides is 1. The quantitative estimate of drug-likeness (QED) is 0.385. The van der Waals surface area contributed by atoms with Crippen molar-refractivity contribution in [1.29, 1.82) is 0 Å². The van der Waals surface area contributed by atoms with E-state index in [1.807, 2.05) is 29.0 Å². The maximum Gasteiger partial charge on any atom is 0.250 e. The Morgan fingerprint density at radius 1 is 1.26 bits per heavy atom. The van der Waals surface area contributed by atoms with Crippen molar-refractivity contribution >= 4 is 26.8 Å². The largest absolute Gasteiger partial charge is 0.395 e. The second-order valence-corrected chi connectivity index (χ2v) is 11.4. The molecule has 11 heteroatoms. The first-order valence-electron chi connectivity index (χ1n) is 12.0. The average molecular weight is 503 g/mol. The molecule has 35 heavy (non-hydrogen) atoms. The molecule has 2 aromatic heterocycles. The minimum absolute atomic E-state index is 0.113. The highest BCUT2D eigenvalue weighted by Gasteiger charge is 2.29. The highest BCUT2D eigenvalue weighted by molar-refractivity contribution is 7.89. The van der Waals surface area contributed by atoms with Gasteiger partial charge >= 0.3 is 0 Å². The van der Waals surface area contributed by atoms with Crippen LogP contribution >= 0.6 is 0 Å². The van der Waals surface area contributed by atoms with Crippen molar-refractivity contribution in [3.8, 4) is 11.1 Å². The van der Waals surface area contributed by atoms with Gasteiger partial charge in [-0.15, -0.1) is 0 Å². The number of benzene rings is 1. The van der Waals surface area contributed by atoms with Crippen LogP contribution < -0.4 is 5.73 Å². The highest BCUT2D eigenvalue weighted by atomic mass is 32.2. The number of carbonyl (C=O) groups is 1. The van der Waals surface area contributed by atoms with Crippen LogP contribution in [-0.2, 0) is 16.6 Å². The number of piperidine rings is 1. The number of aromatic amines is 1. The molecule has 1 fully saturated rings. The van der Waals surface area contributed by atoms with E-state index in [2.05, 4.69) is 16.1 Å². The first-order chi connectivity index (χ1) is 16.7. The molecule has 0 bridgehead atoms. The van der Waals surface area contributed by atoms with E-state index >= 15 is 0 Å². The number of fused-ring (bicyclic) bond motifs is 1. The predicted molar refractivity (Wildman–Crippen MR) is 136 cm³/mol. The van der Waals surface area contributed by atoms with Crippen molar-refractivity contribution < 1.29 is 18.3 Å². The third-order valence-electron chi connectivity index (χ3n) is 6.90. The normalized spacial score (nSPS) is 15.9. The van der Waals surface area contributed by atoms with Gasteiger partial charge in [0.05, 0.1) is 36.2 Å². The Morgan fingerprint density at radius 2 is 2.00 bits per heavy atom. The van der Waals surface area contributed by atoms with Gasteiger partial charge in [-0.05, 0) is 56.0 Å². The number of hydrogen-bond donors (Lipinski definition) is 3. The summed E-state index contributed by atoms with van der Waals surface area (Å²) in [6, 6.07) is 3.85. The average Bonchev–Trinajstić information content (AvgIpc) is 3.49. The zero-order valence-corrected chi connectivity index (χ0v) is 21.1. The van der Waals surface area contributed by atoms with Crippen LogP contribution in [0, 0.1) is 0 Å². The van der Waals surface area contributed by atoms with Crippen LogP contribution in [0.5, 0.6) is 0 Å². The molecule has 1 saturated heterocycles. The Hall–Kier alpha value is -2.73. The predicted octanol–water partition coefficient (Wildman–Crippen LogP) is 1.58. The highest BCUT2D eigenvalue weighted by Crippen LogP contribution is 2.37. The molecule has 3 heterocycles. The lowest BCUT2D eigenvalue weighted by Gasteiger charge is -2.31. The minimum Gasteiger partial charge on any atom is -0.395 e. The summed E-state index contributed by atoms with van der Waals surface area (Å²) >= 11 is 0. The Morgan fingerprint density at radius 3 is 2.66 bits per heavy atom. The summed E-state index contributed by atoms with van der Waals surface area (Å²) in [5.74, 6) is -0.207. The van der Waals surface area contributed by atoms with Gasteiger partial charge in [0.2, 0.25) is 10.0 Å². The van der Waals surface area contributed by atoms with Crippen molar-refractivity contribution in [3.63, 3.8) is 0 Å². The molecule has 4 rings (SSSR count). The number of amides is 1. The molecule has 0 aliphatic carbocycles. The number of nitrogens with one attached hydrogen (secondary N) is 1. The summed E-state index contributed by atoms with van der Waals surface area (Å²) in [5, 5.41) is 14.5. The molecular formula is C24H34N6O4S. The number of nitrogens with zero attached hydrogens (tertiary/aromatic N) is 4. The van der Waals surface area contributed by atoms with E-state index in [1.165, 1.54) is 0 Å². The van der Waals surface area contributed by atoms with Gasteiger partial charge in [-0.3, -0.25) is 9.48 Å². The van der Waals surface area contributed by atoms with Gasteiger partial charge in [0, 0.05) is 49.5 Å². The number of aromatic nitrogens is 3. The number of sulfonamides is 1. The maximum atomic E-state index is 12.3. The Bertz CT molecular complexity index is 1290. The second kappa shape index (κ2) is 10.5. The molecule has 1 amide bonds. The van der Waals surface area contributed by atoms with Crippen molar-refractivity contribution in [3.05, 3.63) is 41.9 Å². The number of aliphatic hydroxyl groups is 1. The lowest BCUT2D eigenvalue weighted by Crippen LogP contribution is -2.38. The lowest BCUT2D eigenvalue weighted by atomic mass is 9.88. The van der Waals surface area contributed by atoms with E-state index in [4.69, 9.17) is 10.8 Å². The molecule has 3 aromatic rings. The number of carbonyl (C=O) groups excluding carboxylic acids is 1. The van der Waals surface area contributed by atoms with Gasteiger partial charge in [-0.2, -0.15) is 5.10 Å². The maximum absolute atomic E-state index is 12.3. The number of rotatable bonds is 10. The summed E-state index contributed by atoms with van der Waals surface area (Å²) in [6.45, 7) is 4.80. The van der Waals surface area contributed by atoms with Gasteiger partial charge in [0.1, 0.15) is 0 Å². The van der Waals surface area contributed by atoms with E-state index in [0.717, 1.165) is 41.5 Å². The van der Waals surface area contributed by atoms with Crippen LogP contribution in [0.25, 0.3) is 22.0 Å². The number of aliphatic hydroxyl groups excluding tert-OH is 1. The molecule has 0 radical (unpaired) electrons. The Balaban J connectivity index is 1.61. The monoisotopic (exact) mass is 502 g/mol. The van der Waals surface area contributed by atoms with Gasteiger partial charge in [-0.1, -0.05) is 0 Å². The smallest absolute Gasteiger partial charge is 0.250 e. The molecule has 0 atom stereocenters. The zero-order valence-electron chi connectivity index (χ0n) is 20.3. The molecule has 0 saturated carbocycles. The number of likely N-dealkylation sites (N-methyl/N-ethyl adjacent to an activating group) is 1. The fourth-order valence-corrected chi connectivity index (χ4v) is 5.90. The van der Waals surface area contributed by atoms with Crippen LogP contribution in [0.1, 0.15) is 41.6 Å². The molecule has 1 aliphatic rings. The van der Waals surface area contributed by atoms with Gasteiger partial charge in [0.25, 0.3) is 5.91 Å². The fourth-order valence-electron chi connectivity index (χ4n) is 4.77. The van der Waals surface area contributed by atoms with Crippen LogP contribution in [-0.4, -0.2) is 89.0 Å². The van der Waals surface area contributed by atoms with E-state index in [1.54, 1.807) is 23.5 Å². The summed E-state index contributed by atoms with van der Waals surface area (Å²) in [7, 11) is -1.24. The second-order valence-electron chi connectivity index (χ2n) is 9.15. The number of H-pyrrole nitrogens is 1. The number of nitrogens with two attached hydrogens (primary N) is 1. The number of hydrogen-bond acceptors (Lipinski definition) is 6. The van der Waals surface area contributed by atoms with Crippen LogP contribution in [0.2, 0.25) is 0 Å². The molecule has 190 valence electrons. The molecule has 0 spiro atoms. The topological polar surface area (TPSA) is 138 Å². The summed E-state index contributed by atoms with van der Waals surface area (Å²) in [5.41, 5.74) is 9.68. The Labute approximate surface area is 205 Å². The van der Waals surface area contributed by atoms with Crippen molar-refractivity contribution in [2.75, 3.05) is 45.6 Å². The van der Waals surface area contributed by atoms with Gasteiger partial charge in [-0.25, -0.2) is 12.7 Å². The zero-order chi connectivity index (χ0) is 25.2. The third-order valence-corrected chi connectivity index (χ3v) is 8.78. The fraction of sp³-hybridized carbons (Fsp3) is 0.500. The first kappa shape index (κ1) is 25.4. The van der Waals surface area contributed by atoms with Crippen LogP contribution in [0.15, 0.2) is 30.7 Å². The molecule has 1 aliphatic heterocycles. The van der Waals surface area contributed by atoms with E-state index in [-0.39, 0.29) is 18.3 Å². The molecule has 4 N–H and O–H groups in total. The molecule has 0 unspecified atom stereocenters. The van der Waals surface area contributed by atoms with Crippen molar-refractivity contribution in [2.24, 2.45) is 5.73 Å². The SMILES string of the molecule is CCS(=O)(=O)N1CCC(c2c[nH]c3c(C(N)=O)cc(-c4cnn(CCN(C)CCO)c4)cc23)CC1.